The zero-order valence-corrected chi connectivity index (χ0v) is 14.5. The molecule has 0 saturated heterocycles. The maximum Gasteiger partial charge on any atom is 0.127 e. The highest BCUT2D eigenvalue weighted by Crippen LogP contribution is 2.48. The van der Waals surface area contributed by atoms with E-state index in [9.17, 15) is 10.2 Å². The van der Waals surface area contributed by atoms with E-state index in [2.05, 4.69) is 41.5 Å². The van der Waals surface area contributed by atoms with Gasteiger partial charge in [-0.25, -0.2) is 0 Å². The van der Waals surface area contributed by atoms with E-state index in [0.29, 0.717) is 5.56 Å². The van der Waals surface area contributed by atoms with Crippen LogP contribution in [0.15, 0.2) is 6.07 Å². The summed E-state index contributed by atoms with van der Waals surface area (Å²) in [5.41, 5.74) is 1.97. The fourth-order valence-corrected chi connectivity index (χ4v) is 2.75. The Labute approximate surface area is 123 Å². The van der Waals surface area contributed by atoms with Crippen LogP contribution in [0, 0.1) is 0 Å². The third kappa shape index (κ3) is 3.11. The van der Waals surface area contributed by atoms with Gasteiger partial charge in [-0.05, 0) is 27.9 Å². The molecule has 0 saturated carbocycles. The molecular weight excluding hydrogens is 248 g/mol. The summed E-state index contributed by atoms with van der Waals surface area (Å²) >= 11 is 0. The Morgan fingerprint density at radius 2 is 1.05 bits per heavy atom. The topological polar surface area (TPSA) is 40.5 Å². The van der Waals surface area contributed by atoms with Gasteiger partial charge in [-0.2, -0.15) is 0 Å². The van der Waals surface area contributed by atoms with E-state index in [1.165, 1.54) is 0 Å². The van der Waals surface area contributed by atoms with Gasteiger partial charge in [-0.1, -0.05) is 62.3 Å². The highest BCUT2D eigenvalue weighted by atomic mass is 16.3. The zero-order chi connectivity index (χ0) is 16.1. The molecule has 0 fully saturated rings. The van der Waals surface area contributed by atoms with Crippen LogP contribution in [0.5, 0.6) is 11.5 Å². The molecule has 0 atom stereocenters. The first-order chi connectivity index (χ1) is 8.67. The van der Waals surface area contributed by atoms with E-state index in [4.69, 9.17) is 0 Å². The molecule has 1 rings (SSSR count). The van der Waals surface area contributed by atoms with Crippen LogP contribution in [0.1, 0.15) is 79.0 Å². The van der Waals surface area contributed by atoms with Gasteiger partial charge in [-0.15, -0.1) is 0 Å². The molecule has 1 aromatic carbocycles. The molecular formula is C18H30O2. The predicted octanol–water partition coefficient (Wildman–Crippen LogP) is 4.99. The van der Waals surface area contributed by atoms with Crippen LogP contribution >= 0.6 is 0 Å². The van der Waals surface area contributed by atoms with Gasteiger partial charge in [-0.3, -0.25) is 0 Å². The summed E-state index contributed by atoms with van der Waals surface area (Å²) in [6, 6.07) is 1.83. The predicted molar refractivity (Wildman–Crippen MR) is 85.9 cm³/mol. The Morgan fingerprint density at radius 1 is 0.650 bits per heavy atom. The molecule has 0 amide bonds. The third-order valence-corrected chi connectivity index (χ3v) is 3.59. The van der Waals surface area contributed by atoms with Crippen LogP contribution < -0.4 is 0 Å². The second-order valence-electron chi connectivity index (χ2n) is 8.79. The van der Waals surface area contributed by atoms with Gasteiger partial charge in [0.05, 0.1) is 0 Å². The second-order valence-corrected chi connectivity index (χ2v) is 8.79. The molecule has 0 aliphatic carbocycles. The molecule has 2 nitrogen and oxygen atoms in total. The van der Waals surface area contributed by atoms with Crippen LogP contribution in [0.4, 0.5) is 0 Å². The molecule has 20 heavy (non-hydrogen) atoms. The van der Waals surface area contributed by atoms with Gasteiger partial charge in [0.15, 0.2) is 0 Å². The standard InChI is InChI=1S/C18H30O2/c1-16(2,3)11-10-12(19)14(18(7,8)9)15(20)13(11)17(4,5)6/h10,19-20H,1-9H3. The van der Waals surface area contributed by atoms with Crippen LogP contribution in [-0.2, 0) is 16.2 Å². The van der Waals surface area contributed by atoms with Gasteiger partial charge < -0.3 is 10.2 Å². The van der Waals surface area contributed by atoms with Crippen LogP contribution in [0.25, 0.3) is 0 Å². The average molecular weight is 278 g/mol. The SMILES string of the molecule is CC(C)(C)c1cc(O)c(C(C)(C)C)c(O)c1C(C)(C)C. The molecule has 0 aliphatic heterocycles. The summed E-state index contributed by atoms with van der Waals surface area (Å²) in [6.45, 7) is 18.6. The first-order valence-corrected chi connectivity index (χ1v) is 7.27. The number of phenolic OH excluding ortho intramolecular Hbond substituents is 2. The smallest absolute Gasteiger partial charge is 0.127 e. The zero-order valence-electron chi connectivity index (χ0n) is 14.5. The molecule has 0 heterocycles. The van der Waals surface area contributed by atoms with Crippen molar-refractivity contribution in [1.82, 2.24) is 0 Å². The Balaban J connectivity index is 3.86. The van der Waals surface area contributed by atoms with Gasteiger partial charge in [0.25, 0.3) is 0 Å². The number of hydrogen-bond acceptors (Lipinski definition) is 2. The van der Waals surface area contributed by atoms with Crippen molar-refractivity contribution in [2.75, 3.05) is 0 Å². The second kappa shape index (κ2) is 4.68. The minimum Gasteiger partial charge on any atom is -0.507 e. The first kappa shape index (κ1) is 16.9. The molecule has 0 bridgehead atoms. The number of hydrogen-bond donors (Lipinski definition) is 2. The number of rotatable bonds is 0. The summed E-state index contributed by atoms with van der Waals surface area (Å²) in [5.74, 6) is 0.433. The fraction of sp³-hybridized carbons (Fsp3) is 0.667. The largest absolute Gasteiger partial charge is 0.507 e. The van der Waals surface area contributed by atoms with Crippen molar-refractivity contribution in [3.8, 4) is 11.5 Å². The van der Waals surface area contributed by atoms with Crippen molar-refractivity contribution >= 4 is 0 Å². The van der Waals surface area contributed by atoms with Gasteiger partial charge in [0.2, 0.25) is 0 Å². The van der Waals surface area contributed by atoms with E-state index in [-0.39, 0.29) is 27.7 Å². The van der Waals surface area contributed by atoms with Crippen molar-refractivity contribution in [2.24, 2.45) is 0 Å². The summed E-state index contributed by atoms with van der Waals surface area (Å²) in [5, 5.41) is 21.2. The molecule has 0 aromatic heterocycles. The molecule has 2 N–H and O–H groups in total. The summed E-state index contributed by atoms with van der Waals surface area (Å²) in [6.07, 6.45) is 0. The monoisotopic (exact) mass is 278 g/mol. The summed E-state index contributed by atoms with van der Waals surface area (Å²) < 4.78 is 0. The lowest BCUT2D eigenvalue weighted by Gasteiger charge is -2.34. The Hall–Kier alpha value is -1.18. The van der Waals surface area contributed by atoms with E-state index < -0.39 is 0 Å². The lowest BCUT2D eigenvalue weighted by Crippen LogP contribution is -2.24. The number of phenols is 2. The lowest BCUT2D eigenvalue weighted by molar-refractivity contribution is 0.388. The Bertz CT molecular complexity index is 506. The van der Waals surface area contributed by atoms with Crippen LogP contribution in [-0.4, -0.2) is 10.2 Å². The third-order valence-electron chi connectivity index (χ3n) is 3.59. The van der Waals surface area contributed by atoms with Crippen molar-refractivity contribution in [1.29, 1.82) is 0 Å². The summed E-state index contributed by atoms with van der Waals surface area (Å²) in [7, 11) is 0. The van der Waals surface area contributed by atoms with Crippen LogP contribution in [0.3, 0.4) is 0 Å². The van der Waals surface area contributed by atoms with Gasteiger partial charge >= 0.3 is 0 Å². The van der Waals surface area contributed by atoms with E-state index >= 15 is 0 Å². The highest BCUT2D eigenvalue weighted by Gasteiger charge is 2.34. The first-order valence-electron chi connectivity index (χ1n) is 7.27. The maximum atomic E-state index is 10.8. The van der Waals surface area contributed by atoms with Gasteiger partial charge in [0, 0.05) is 11.1 Å². The Morgan fingerprint density at radius 3 is 1.35 bits per heavy atom. The average Bonchev–Trinajstić information content (AvgIpc) is 2.09. The molecule has 0 aliphatic rings. The van der Waals surface area contributed by atoms with E-state index in [0.717, 1.165) is 11.1 Å². The lowest BCUT2D eigenvalue weighted by atomic mass is 9.71. The number of benzene rings is 1. The normalized spacial score (nSPS) is 13.7. The minimum absolute atomic E-state index is 0.131. The van der Waals surface area contributed by atoms with Crippen molar-refractivity contribution in [3.05, 3.63) is 22.8 Å². The summed E-state index contributed by atoms with van der Waals surface area (Å²) in [4.78, 5) is 0. The van der Waals surface area contributed by atoms with Crippen LogP contribution in [0.2, 0.25) is 0 Å². The van der Waals surface area contributed by atoms with Crippen molar-refractivity contribution < 1.29 is 10.2 Å². The van der Waals surface area contributed by atoms with Gasteiger partial charge in [0.1, 0.15) is 11.5 Å². The fourth-order valence-electron chi connectivity index (χ4n) is 2.75. The molecule has 1 aromatic rings. The molecule has 0 spiro atoms. The molecule has 0 radical (unpaired) electrons. The maximum absolute atomic E-state index is 10.8. The Kier molecular flexibility index (Phi) is 3.95. The quantitative estimate of drug-likeness (QED) is 0.702. The molecule has 2 heteroatoms. The minimum atomic E-state index is -0.301. The highest BCUT2D eigenvalue weighted by molar-refractivity contribution is 5.59. The molecule has 0 unspecified atom stereocenters. The molecule has 114 valence electrons. The van der Waals surface area contributed by atoms with Crippen molar-refractivity contribution in [3.63, 3.8) is 0 Å². The van der Waals surface area contributed by atoms with E-state index in [1.807, 2.05) is 26.8 Å². The van der Waals surface area contributed by atoms with Crippen molar-refractivity contribution in [2.45, 2.75) is 78.6 Å². The number of aromatic hydroxyl groups is 2. The van der Waals surface area contributed by atoms with E-state index in [1.54, 1.807) is 0 Å².